The summed E-state index contributed by atoms with van der Waals surface area (Å²) in [5.74, 6) is -5.74. The quantitative estimate of drug-likeness (QED) is 0.0331. The van der Waals surface area contributed by atoms with Crippen LogP contribution in [0, 0.1) is 0 Å². The smallest absolute Gasteiger partial charge is 0.693 e. The molecule has 2 aliphatic heterocycles. The molecule has 0 radical (unpaired) electrons. The largest absolute Gasteiger partial charge is 0.693 e. The molecule has 0 atom stereocenters. The zero-order valence-electron chi connectivity index (χ0n) is 35.2. The number of hydrogen-bond donors (Lipinski definition) is 7. The summed E-state index contributed by atoms with van der Waals surface area (Å²) in [6, 6.07) is 0. The van der Waals surface area contributed by atoms with Gasteiger partial charge in [-0.3, -0.25) is 53.0 Å². The van der Waals surface area contributed by atoms with Crippen molar-refractivity contribution in [3.8, 4) is 0 Å². The summed E-state index contributed by atoms with van der Waals surface area (Å²) >= 11 is -0.944. The Hall–Kier alpha value is -3.34. The first-order valence-corrected chi connectivity index (χ1v) is 28.9. The van der Waals surface area contributed by atoms with Crippen LogP contribution >= 0.6 is 37.7 Å². The zero-order chi connectivity index (χ0) is 47.3. The number of hydrogen-bond acceptors (Lipinski definition) is 11. The molecule has 29 heteroatoms. The Balaban J connectivity index is -0.0000000860. The van der Waals surface area contributed by atoms with Crippen LogP contribution in [0.3, 0.4) is 0 Å². The van der Waals surface area contributed by atoms with Crippen LogP contribution in [0.4, 0.5) is 0 Å². The second kappa shape index (κ2) is 59.7. The summed E-state index contributed by atoms with van der Waals surface area (Å²) in [6.45, 7) is 4.25. The fraction of sp³-hybridized carbons (Fsp3) is 0.543. The second-order valence-corrected chi connectivity index (χ2v) is 17.9. The number of imide groups is 2. The maximum Gasteiger partial charge on any atom is -0.693 e. The minimum absolute atomic E-state index is 0. The third kappa shape index (κ3) is 70.3. The van der Waals surface area contributed by atoms with Crippen molar-refractivity contribution >= 4 is 97.1 Å². The van der Waals surface area contributed by atoms with Gasteiger partial charge < -0.3 is 61.2 Å². The Kier molecular flexibility index (Phi) is 75.4. The molecule has 2 heterocycles. The summed E-state index contributed by atoms with van der Waals surface area (Å²) in [4.78, 5) is 106. The molecule has 2 aliphatic rings. The van der Waals surface area contributed by atoms with E-state index < -0.39 is 68.7 Å². The molecule has 2 rings (SSSR count). The van der Waals surface area contributed by atoms with Crippen LogP contribution < -0.4 is 11.1 Å². The number of unbranched alkanes of at least 4 members (excludes halogenated alkanes) is 8. The van der Waals surface area contributed by atoms with Gasteiger partial charge in [0.15, 0.2) is 0 Å². The number of amides is 5. The molecule has 0 aliphatic carbocycles. The monoisotopic (exact) mass is 1360 g/mol. The van der Waals surface area contributed by atoms with Gasteiger partial charge in [0.2, 0.25) is 5.91 Å². The van der Waals surface area contributed by atoms with E-state index in [1.807, 2.05) is 0 Å². The molecule has 0 aromatic carbocycles. The van der Waals surface area contributed by atoms with Gasteiger partial charge in [0, 0.05) is 82.8 Å². The van der Waals surface area contributed by atoms with Gasteiger partial charge in [-0.2, -0.15) is 0 Å². The third-order valence-corrected chi connectivity index (χ3v) is 6.40. The Bertz CT molecular complexity index is 1350. The number of nitrogens with two attached hydrogens (primary N) is 5. The third-order valence-electron chi connectivity index (χ3n) is 6.40. The van der Waals surface area contributed by atoms with E-state index in [2.05, 4.69) is 5.32 Å². The van der Waals surface area contributed by atoms with Crippen molar-refractivity contribution in [3.05, 3.63) is 61.1 Å². The van der Waals surface area contributed by atoms with E-state index in [1.165, 1.54) is 34.1 Å². The van der Waals surface area contributed by atoms with Gasteiger partial charge in [0.25, 0.3) is 35.6 Å². The molecule has 0 aromatic rings. The van der Waals surface area contributed by atoms with Crippen molar-refractivity contribution in [1.82, 2.24) is 15.1 Å². The maximum absolute atomic E-state index is 11.1. The number of carbonyl (C=O) groups is 10. The molecule has 16 N–H and O–H groups in total. The predicted octanol–water partition coefficient (Wildman–Crippen LogP) is 7.57. The number of halogens is 4. The summed E-state index contributed by atoms with van der Waals surface area (Å²) < 4.78 is 0. The van der Waals surface area contributed by atoms with E-state index in [-0.39, 0.29) is 61.1 Å². The van der Waals surface area contributed by atoms with E-state index in [0.29, 0.717) is 39.0 Å². The SMILES string of the molecule is CC(=O)O.CC(=O)O.NCCCCCN1C(=O)C=CC1=O.O=C(O)/C=C\C(=O)NCCCCCCC(=O)O.O=C(O)CCCCCCN1C(=O)C=CC1=O.[Cl][Pt+2][Cl].[Cl][Pt+2][Cl].[NH2-].[NH2-].[NH2-].[NH2-]. The molecular formula is C35H62Cl4N8O15Pt2. The van der Waals surface area contributed by atoms with Gasteiger partial charge in [-0.15, -0.1) is 0 Å². The summed E-state index contributed by atoms with van der Waals surface area (Å²) in [5.41, 5.74) is 5.32. The van der Waals surface area contributed by atoms with Crippen LogP contribution in [0.15, 0.2) is 36.5 Å². The fourth-order valence-electron chi connectivity index (χ4n) is 3.97. The molecule has 0 spiro atoms. The number of nitrogens with zero attached hydrogens (tertiary/aromatic N) is 2. The molecule has 0 saturated heterocycles. The van der Waals surface area contributed by atoms with Crippen LogP contribution in [0.25, 0.3) is 24.6 Å². The Labute approximate surface area is 406 Å². The summed E-state index contributed by atoms with van der Waals surface area (Å²) in [5, 5.41) is 42.4. The van der Waals surface area contributed by atoms with E-state index in [1.54, 1.807) is 0 Å². The van der Waals surface area contributed by atoms with Crippen molar-refractivity contribution in [2.45, 2.75) is 97.3 Å². The molecule has 0 bridgehead atoms. The van der Waals surface area contributed by atoms with Gasteiger partial charge in [0.1, 0.15) is 0 Å². The normalized spacial score (nSPS) is 11.2. The molecule has 0 aromatic heterocycles. The van der Waals surface area contributed by atoms with Crippen LogP contribution in [0.1, 0.15) is 97.3 Å². The number of rotatable bonds is 21. The Morgan fingerprint density at radius 1 is 0.547 bits per heavy atom. The molecule has 5 amide bonds. The molecule has 64 heavy (non-hydrogen) atoms. The molecular weight excluding hydrogens is 1300 g/mol. The number of carboxylic acid groups (broad SMARTS) is 5. The van der Waals surface area contributed by atoms with Gasteiger partial charge in [-0.25, -0.2) is 4.79 Å². The van der Waals surface area contributed by atoms with Gasteiger partial charge in [0.05, 0.1) is 0 Å². The minimum Gasteiger partial charge on any atom is -0.693 e. The molecule has 380 valence electrons. The van der Waals surface area contributed by atoms with Gasteiger partial charge >= 0.3 is 88.5 Å². The van der Waals surface area contributed by atoms with Crippen molar-refractivity contribution in [2.75, 3.05) is 26.2 Å². The Morgan fingerprint density at radius 2 is 0.828 bits per heavy atom. The molecule has 23 nitrogen and oxygen atoms in total. The van der Waals surface area contributed by atoms with E-state index in [9.17, 15) is 38.4 Å². The average molecular weight is 1370 g/mol. The zero-order valence-corrected chi connectivity index (χ0v) is 42.8. The van der Waals surface area contributed by atoms with E-state index in [4.69, 9.17) is 78.5 Å². The average Bonchev–Trinajstić information content (AvgIpc) is 3.64. The van der Waals surface area contributed by atoms with Crippen LogP contribution in [-0.4, -0.2) is 121 Å². The standard InChI is InChI=1S/C11H17NO5.C11H15NO4.C9H14N2O2.2C2H4O2.4ClH.4H2N.2Pt/c13-9(6-7-11(16)17)12-8-4-2-1-3-5-10(14)15;13-9-6-7-10(14)12(9)8-4-2-1-3-5-11(15)16;10-6-2-1-3-7-11-8(12)4-5-9(11)13;2*1-2(3)4;;;;;;;;;;/h6-7H,1-5,8H2,(H,12,13)(H,14,15)(H,16,17);6-7H,1-5,8H2,(H,15,16);4-5H,1-3,6-7,10H2;2*1H3,(H,3,4);4*1H;4*1H2;;/q;;;;;;;;;4*-1;2*+4/p-4/b7-6-;;;;;;;;;;;;;;. The predicted molar refractivity (Wildman–Crippen MR) is 237 cm³/mol. The maximum atomic E-state index is 11.1. The van der Waals surface area contributed by atoms with Crippen LogP contribution in [0.5, 0.6) is 0 Å². The minimum atomic E-state index is -1.16. The fourth-order valence-corrected chi connectivity index (χ4v) is 3.97. The molecule has 0 unspecified atom stereocenters. The van der Waals surface area contributed by atoms with Crippen LogP contribution in [-0.2, 0) is 80.9 Å². The van der Waals surface area contributed by atoms with Gasteiger partial charge in [-0.05, 0) is 45.1 Å². The number of carbonyl (C=O) groups excluding carboxylic acids is 5. The molecule has 0 fully saturated rings. The number of aliphatic carboxylic acids is 5. The van der Waals surface area contributed by atoms with Crippen molar-refractivity contribution < 1.29 is 106 Å². The summed E-state index contributed by atoms with van der Waals surface area (Å²) in [7, 11) is 19.5. The topological polar surface area (TPSA) is 450 Å². The van der Waals surface area contributed by atoms with Gasteiger partial charge in [-0.1, -0.05) is 32.1 Å². The van der Waals surface area contributed by atoms with Crippen molar-refractivity contribution in [2.24, 2.45) is 5.73 Å². The number of nitrogens with one attached hydrogen (secondary N) is 1. The molecule has 0 saturated carbocycles. The van der Waals surface area contributed by atoms with E-state index >= 15 is 0 Å². The van der Waals surface area contributed by atoms with Crippen molar-refractivity contribution in [1.29, 1.82) is 0 Å². The van der Waals surface area contributed by atoms with E-state index in [0.717, 1.165) is 83.8 Å². The number of carboxylic acids is 5. The summed E-state index contributed by atoms with van der Waals surface area (Å²) in [6.07, 6.45) is 16.1. The first-order chi connectivity index (χ1) is 28.2. The van der Waals surface area contributed by atoms with Crippen molar-refractivity contribution in [3.63, 3.8) is 0 Å². The second-order valence-electron chi connectivity index (χ2n) is 11.4. The first-order valence-electron chi connectivity index (χ1n) is 17.6. The van der Waals surface area contributed by atoms with Crippen LogP contribution in [0.2, 0.25) is 0 Å². The first kappa shape index (κ1) is 80.9. The Morgan fingerprint density at radius 3 is 1.11 bits per heavy atom.